The Kier molecular flexibility index (Phi) is 8.23. The average Bonchev–Trinajstić information content (AvgIpc) is 2.93. The van der Waals surface area contributed by atoms with Gasteiger partial charge in [-0.05, 0) is 38.4 Å². The van der Waals surface area contributed by atoms with Gasteiger partial charge < -0.3 is 20.1 Å². The number of ether oxygens (including phenoxy) is 2. The Morgan fingerprint density at radius 2 is 2.03 bits per heavy atom. The summed E-state index contributed by atoms with van der Waals surface area (Å²) in [6, 6.07) is 3.48. The molecule has 1 aromatic carbocycles. The number of amides is 1. The van der Waals surface area contributed by atoms with Crippen LogP contribution in [0.4, 0.5) is 10.2 Å². The van der Waals surface area contributed by atoms with E-state index in [9.17, 15) is 9.18 Å². The largest absolute Gasteiger partial charge is 0.490 e. The molecule has 1 saturated heterocycles. The predicted octanol–water partition coefficient (Wildman–Crippen LogP) is 3.12. The zero-order valence-corrected chi connectivity index (χ0v) is 21.8. The molecule has 202 valence electrons. The van der Waals surface area contributed by atoms with E-state index in [1.165, 1.54) is 0 Å². The van der Waals surface area contributed by atoms with Crippen molar-refractivity contribution in [2.75, 3.05) is 38.7 Å². The lowest BCUT2D eigenvalue weighted by atomic mass is 9.97. The summed E-state index contributed by atoms with van der Waals surface area (Å²) < 4.78 is 26.5. The number of carbonyl (C=O) groups excluding carboxylic acids is 1. The van der Waals surface area contributed by atoms with Crippen LogP contribution in [0.15, 0.2) is 30.7 Å². The predicted molar refractivity (Wildman–Crippen MR) is 142 cm³/mol. The minimum Gasteiger partial charge on any atom is -0.490 e. The third-order valence-corrected chi connectivity index (χ3v) is 6.96. The third-order valence-electron chi connectivity index (χ3n) is 6.96. The first-order valence-electron chi connectivity index (χ1n) is 13.2. The van der Waals surface area contributed by atoms with Gasteiger partial charge in [-0.25, -0.2) is 19.3 Å². The number of alkyl halides is 1. The van der Waals surface area contributed by atoms with Gasteiger partial charge in [-0.2, -0.15) is 0 Å². The van der Waals surface area contributed by atoms with E-state index in [-0.39, 0.29) is 37.6 Å². The number of hydrogen-bond donors (Lipinski definition) is 2. The van der Waals surface area contributed by atoms with E-state index < -0.39 is 6.17 Å². The van der Waals surface area contributed by atoms with Gasteiger partial charge in [0.15, 0.2) is 11.6 Å². The maximum absolute atomic E-state index is 14.7. The average molecular weight is 524 g/mol. The third kappa shape index (κ3) is 5.99. The standard InChI is InChI=1S/C27H34FN7O3/c1-3-9-37-16-24-30-12-17(13-31-24)20-4-5-21-25-26(20)38-10-7-18(28)14-32-27(36)22-11-19(6-8-35(22)2)33-23(34-25)15-29-21/h4-5,12-13,15,18-19,22H,3,6-11,14,16H2,1-2H3,(H,32,36)(H,33,34)/t18?,19-,22-/m0/s1. The molecule has 0 saturated carbocycles. The number of halogens is 1. The van der Waals surface area contributed by atoms with Crippen LogP contribution in [0.1, 0.15) is 38.4 Å². The van der Waals surface area contributed by atoms with E-state index in [1.54, 1.807) is 18.6 Å². The fourth-order valence-electron chi connectivity index (χ4n) is 4.82. The molecule has 4 bridgehead atoms. The molecule has 1 fully saturated rings. The Morgan fingerprint density at radius 1 is 1.18 bits per heavy atom. The molecule has 10 nitrogen and oxygen atoms in total. The molecular weight excluding hydrogens is 489 g/mol. The molecule has 0 spiro atoms. The van der Waals surface area contributed by atoms with E-state index in [1.807, 2.05) is 31.0 Å². The molecule has 1 unspecified atom stereocenters. The lowest BCUT2D eigenvalue weighted by Crippen LogP contribution is -2.52. The molecule has 0 aliphatic carbocycles. The van der Waals surface area contributed by atoms with E-state index >= 15 is 0 Å². The Balaban J connectivity index is 1.49. The second-order valence-corrected chi connectivity index (χ2v) is 9.85. The van der Waals surface area contributed by atoms with Crippen molar-refractivity contribution >= 4 is 22.8 Å². The topological polar surface area (TPSA) is 114 Å². The number of carbonyl (C=O) groups is 1. The molecule has 38 heavy (non-hydrogen) atoms. The van der Waals surface area contributed by atoms with E-state index in [4.69, 9.17) is 14.5 Å². The second-order valence-electron chi connectivity index (χ2n) is 9.85. The van der Waals surface area contributed by atoms with E-state index in [2.05, 4.69) is 25.6 Å². The first kappa shape index (κ1) is 26.2. The summed E-state index contributed by atoms with van der Waals surface area (Å²) in [6.07, 6.45) is 6.41. The molecule has 4 heterocycles. The van der Waals surface area contributed by atoms with Crippen molar-refractivity contribution in [2.45, 2.75) is 57.5 Å². The number of likely N-dealkylation sites (tertiary alicyclic amines) is 1. The first-order valence-corrected chi connectivity index (χ1v) is 13.2. The molecule has 3 atom stereocenters. The van der Waals surface area contributed by atoms with Gasteiger partial charge in [-0.1, -0.05) is 6.92 Å². The van der Waals surface area contributed by atoms with Crippen LogP contribution < -0.4 is 15.4 Å². The van der Waals surface area contributed by atoms with Crippen LogP contribution in [0.25, 0.3) is 22.2 Å². The fourth-order valence-corrected chi connectivity index (χ4v) is 4.82. The SMILES string of the molecule is CCCOCc1ncc(-c2ccc3ncc4nc3c2OCCC(F)CNC(=O)[C@@H]2C[C@H](CCN2C)N4)cn1. The zero-order valence-electron chi connectivity index (χ0n) is 21.8. The first-order chi connectivity index (χ1) is 18.5. The number of benzene rings is 1. The second kappa shape index (κ2) is 12.0. The molecule has 2 N–H and O–H groups in total. The number of hydrogen-bond acceptors (Lipinski definition) is 9. The number of nitrogens with one attached hydrogen (secondary N) is 2. The van der Waals surface area contributed by atoms with Gasteiger partial charge in [-0.15, -0.1) is 0 Å². The van der Waals surface area contributed by atoms with E-state index in [0.29, 0.717) is 48.1 Å². The molecule has 2 aliphatic rings. The number of rotatable bonds is 5. The van der Waals surface area contributed by atoms with Gasteiger partial charge in [0.1, 0.15) is 24.1 Å². The maximum Gasteiger partial charge on any atom is 0.237 e. The lowest BCUT2D eigenvalue weighted by Gasteiger charge is -2.36. The summed E-state index contributed by atoms with van der Waals surface area (Å²) in [6.45, 7) is 3.85. The van der Waals surface area contributed by atoms with Gasteiger partial charge in [0, 0.05) is 55.7 Å². The van der Waals surface area contributed by atoms with Gasteiger partial charge in [0.05, 0.1) is 24.4 Å². The summed E-state index contributed by atoms with van der Waals surface area (Å²) in [4.78, 5) is 33.2. The highest BCUT2D eigenvalue weighted by Gasteiger charge is 2.32. The fraction of sp³-hybridized carbons (Fsp3) is 0.519. The van der Waals surface area contributed by atoms with E-state index in [0.717, 1.165) is 30.5 Å². The quantitative estimate of drug-likeness (QED) is 0.487. The lowest BCUT2D eigenvalue weighted by molar-refractivity contribution is -0.127. The number of aromatic nitrogens is 4. The van der Waals surface area contributed by atoms with Crippen molar-refractivity contribution in [3.63, 3.8) is 0 Å². The Bertz CT molecular complexity index is 1260. The van der Waals surface area contributed by atoms with Crippen molar-refractivity contribution in [3.05, 3.63) is 36.5 Å². The van der Waals surface area contributed by atoms with Crippen LogP contribution in [0.3, 0.4) is 0 Å². The molecule has 2 aliphatic heterocycles. The molecule has 3 aromatic rings. The number of likely N-dealkylation sites (N-methyl/N-ethyl adjacent to an activating group) is 1. The smallest absolute Gasteiger partial charge is 0.237 e. The number of piperidine rings is 1. The monoisotopic (exact) mass is 523 g/mol. The van der Waals surface area contributed by atoms with Crippen molar-refractivity contribution in [3.8, 4) is 16.9 Å². The summed E-state index contributed by atoms with van der Waals surface area (Å²) in [5.74, 6) is 1.55. The van der Waals surface area contributed by atoms with Crippen LogP contribution in [0.5, 0.6) is 5.75 Å². The summed E-state index contributed by atoms with van der Waals surface area (Å²) in [5, 5.41) is 6.24. The van der Waals surface area contributed by atoms with Crippen molar-refractivity contribution in [2.24, 2.45) is 0 Å². The van der Waals surface area contributed by atoms with Crippen molar-refractivity contribution < 1.29 is 18.7 Å². The summed E-state index contributed by atoms with van der Waals surface area (Å²) >= 11 is 0. The summed E-state index contributed by atoms with van der Waals surface area (Å²) in [7, 11) is 1.92. The Morgan fingerprint density at radius 3 is 2.84 bits per heavy atom. The van der Waals surface area contributed by atoms with Crippen LogP contribution in [-0.4, -0.2) is 82.3 Å². The number of nitrogens with zero attached hydrogens (tertiary/aromatic N) is 5. The van der Waals surface area contributed by atoms with Crippen LogP contribution in [0, 0.1) is 0 Å². The number of fused-ring (bicyclic) bond motifs is 3. The van der Waals surface area contributed by atoms with Crippen molar-refractivity contribution in [1.82, 2.24) is 30.2 Å². The zero-order chi connectivity index (χ0) is 26.5. The van der Waals surface area contributed by atoms with Crippen LogP contribution in [-0.2, 0) is 16.1 Å². The molecule has 1 amide bonds. The van der Waals surface area contributed by atoms with Crippen LogP contribution in [0.2, 0.25) is 0 Å². The Hall–Kier alpha value is -3.44. The minimum absolute atomic E-state index is 0.0309. The highest BCUT2D eigenvalue weighted by molar-refractivity contribution is 5.90. The molecule has 5 rings (SSSR count). The normalized spacial score (nSPS) is 22.7. The Labute approximate surface area is 221 Å². The van der Waals surface area contributed by atoms with Gasteiger partial charge >= 0.3 is 0 Å². The van der Waals surface area contributed by atoms with Gasteiger partial charge in [-0.3, -0.25) is 14.7 Å². The van der Waals surface area contributed by atoms with Gasteiger partial charge in [0.2, 0.25) is 5.91 Å². The molecule has 0 radical (unpaired) electrons. The van der Waals surface area contributed by atoms with Gasteiger partial charge in [0.25, 0.3) is 0 Å². The molecular formula is C27H34FN7O3. The highest BCUT2D eigenvalue weighted by Crippen LogP contribution is 2.36. The molecule has 2 aromatic heterocycles. The summed E-state index contributed by atoms with van der Waals surface area (Å²) in [5.41, 5.74) is 2.74. The van der Waals surface area contributed by atoms with Crippen LogP contribution >= 0.6 is 0 Å². The highest BCUT2D eigenvalue weighted by atomic mass is 19.1. The maximum atomic E-state index is 14.7. The molecule has 11 heteroatoms. The number of anilines is 1. The van der Waals surface area contributed by atoms with Crippen molar-refractivity contribution in [1.29, 1.82) is 0 Å². The minimum atomic E-state index is -1.24.